The van der Waals surface area contributed by atoms with Gasteiger partial charge in [-0.3, -0.25) is 0 Å². The molecule has 0 amide bonds. The Morgan fingerprint density at radius 2 is 1.08 bits per heavy atom. The molecule has 0 saturated carbocycles. The van der Waals surface area contributed by atoms with Crippen LogP contribution < -0.4 is 5.14 Å². The quantitative estimate of drug-likeness (QED) is 0.270. The fourth-order valence-electron chi connectivity index (χ4n) is 2.89. The van der Waals surface area contributed by atoms with Crippen LogP contribution in [0, 0.1) is 0 Å². The van der Waals surface area contributed by atoms with Gasteiger partial charge in [0, 0.05) is 0 Å². The summed E-state index contributed by atoms with van der Waals surface area (Å²) >= 11 is 0. The van der Waals surface area contributed by atoms with Gasteiger partial charge in [-0.1, -0.05) is 96.8 Å². The number of unbranched alkanes of at least 4 members (excludes halogenated alkanes) is 14. The molecule has 6 heteroatoms. The van der Waals surface area contributed by atoms with Crippen molar-refractivity contribution in [3.8, 4) is 0 Å². The van der Waals surface area contributed by atoms with Crippen LogP contribution in [-0.2, 0) is 14.5 Å². The lowest BCUT2D eigenvalue weighted by Crippen LogP contribution is -2.23. The van der Waals surface area contributed by atoms with E-state index < -0.39 is 16.6 Å². The van der Waals surface area contributed by atoms with E-state index in [1.54, 1.807) is 0 Å². The molecule has 0 aromatic heterocycles. The zero-order valence-corrected chi connectivity index (χ0v) is 16.4. The number of aliphatic hydroxyl groups is 1. The second kappa shape index (κ2) is 16.3. The maximum atomic E-state index is 10.6. The van der Waals surface area contributed by atoms with Crippen molar-refractivity contribution in [1.29, 1.82) is 0 Å². The van der Waals surface area contributed by atoms with E-state index in [0.717, 1.165) is 19.3 Å². The van der Waals surface area contributed by atoms with Gasteiger partial charge in [0.2, 0.25) is 0 Å². The van der Waals surface area contributed by atoms with Gasteiger partial charge in [-0.15, -0.1) is 0 Å². The maximum absolute atomic E-state index is 10.6. The third-order valence-electron chi connectivity index (χ3n) is 4.30. The highest BCUT2D eigenvalue weighted by molar-refractivity contribution is 7.84. The van der Waals surface area contributed by atoms with E-state index in [2.05, 4.69) is 16.2 Å². The van der Waals surface area contributed by atoms with Crippen LogP contribution in [0.3, 0.4) is 0 Å². The molecule has 0 bridgehead atoms. The average molecular weight is 366 g/mol. The largest absolute Gasteiger partial charge is 0.367 e. The number of hydrogen-bond donors (Lipinski definition) is 2. The molecule has 0 aromatic rings. The van der Waals surface area contributed by atoms with Crippen LogP contribution in [0.5, 0.6) is 0 Å². The van der Waals surface area contributed by atoms with Crippen LogP contribution in [0.4, 0.5) is 0 Å². The fourth-order valence-corrected chi connectivity index (χ4v) is 3.30. The maximum Gasteiger partial charge on any atom is 0.335 e. The molecule has 0 spiro atoms. The molecule has 0 radical (unpaired) electrons. The van der Waals surface area contributed by atoms with Gasteiger partial charge >= 0.3 is 10.3 Å². The highest BCUT2D eigenvalue weighted by Gasteiger charge is 2.11. The van der Waals surface area contributed by atoms with E-state index in [4.69, 9.17) is 0 Å². The molecular formula is C18H39NO4S. The lowest BCUT2D eigenvalue weighted by Gasteiger charge is -2.09. The number of hydrogen-bond acceptors (Lipinski definition) is 4. The van der Waals surface area contributed by atoms with Crippen molar-refractivity contribution in [2.75, 3.05) is 0 Å². The molecule has 0 aromatic carbocycles. The molecule has 0 heterocycles. The van der Waals surface area contributed by atoms with Gasteiger partial charge in [0.05, 0.1) is 0 Å². The Kier molecular flexibility index (Phi) is 16.2. The van der Waals surface area contributed by atoms with Crippen LogP contribution in [0.15, 0.2) is 0 Å². The first-order valence-electron chi connectivity index (χ1n) is 9.84. The second-order valence-electron chi connectivity index (χ2n) is 6.78. The van der Waals surface area contributed by atoms with Crippen molar-refractivity contribution < 1.29 is 17.7 Å². The molecule has 5 nitrogen and oxygen atoms in total. The van der Waals surface area contributed by atoms with E-state index in [0.29, 0.717) is 6.42 Å². The molecule has 0 rings (SSSR count). The second-order valence-corrected chi connectivity index (χ2v) is 7.96. The lowest BCUT2D eigenvalue weighted by molar-refractivity contribution is -0.0192. The molecule has 0 aliphatic rings. The predicted octanol–water partition coefficient (Wildman–Crippen LogP) is 4.79. The van der Waals surface area contributed by atoms with Crippen molar-refractivity contribution in [3.63, 3.8) is 0 Å². The summed E-state index contributed by atoms with van der Waals surface area (Å²) in [6, 6.07) is 0. The third kappa shape index (κ3) is 19.9. The minimum Gasteiger partial charge on any atom is -0.367 e. The molecule has 0 aliphatic carbocycles. The summed E-state index contributed by atoms with van der Waals surface area (Å²) in [5.41, 5.74) is 0. The van der Waals surface area contributed by atoms with Gasteiger partial charge in [0.15, 0.2) is 6.29 Å². The Hall–Kier alpha value is -0.170. The molecule has 1 atom stereocenters. The SMILES string of the molecule is CCCCCCCCCCCCCCCCCC(O)OS(N)(=O)=O. The molecule has 3 N–H and O–H groups in total. The van der Waals surface area contributed by atoms with Gasteiger partial charge in [-0.2, -0.15) is 8.42 Å². The van der Waals surface area contributed by atoms with E-state index in [1.165, 1.54) is 77.0 Å². The van der Waals surface area contributed by atoms with Crippen molar-refractivity contribution in [1.82, 2.24) is 0 Å². The monoisotopic (exact) mass is 365 g/mol. The van der Waals surface area contributed by atoms with Crippen molar-refractivity contribution >= 4 is 10.3 Å². The van der Waals surface area contributed by atoms with Gasteiger partial charge < -0.3 is 5.11 Å². The molecule has 0 saturated heterocycles. The van der Waals surface area contributed by atoms with Crippen LogP contribution in [0.1, 0.15) is 110 Å². The zero-order valence-electron chi connectivity index (χ0n) is 15.5. The summed E-state index contributed by atoms with van der Waals surface area (Å²) in [5, 5.41) is 14.0. The Labute approximate surface area is 149 Å². The summed E-state index contributed by atoms with van der Waals surface area (Å²) in [5.74, 6) is 0. The Morgan fingerprint density at radius 1 is 0.750 bits per heavy atom. The summed E-state index contributed by atoms with van der Waals surface area (Å²) < 4.78 is 25.5. The fraction of sp³-hybridized carbons (Fsp3) is 1.00. The van der Waals surface area contributed by atoms with Crippen LogP contribution >= 0.6 is 0 Å². The number of aliphatic hydroxyl groups excluding tert-OH is 1. The Morgan fingerprint density at radius 3 is 1.42 bits per heavy atom. The molecule has 0 fully saturated rings. The molecule has 24 heavy (non-hydrogen) atoms. The topological polar surface area (TPSA) is 89.6 Å². The van der Waals surface area contributed by atoms with Crippen molar-refractivity contribution in [2.24, 2.45) is 5.14 Å². The minimum absolute atomic E-state index is 0.314. The summed E-state index contributed by atoms with van der Waals surface area (Å²) in [6.07, 6.45) is 18.1. The summed E-state index contributed by atoms with van der Waals surface area (Å²) in [4.78, 5) is 0. The first-order valence-corrected chi connectivity index (χ1v) is 11.3. The minimum atomic E-state index is -4.04. The standard InChI is InChI=1S/C18H39NO4S/c1-2-3-4-5-6-7-8-9-10-11-12-13-14-15-16-17-18(20)23-24(19,21)22/h18,20H,2-17H2,1H3,(H2,19,21,22). The van der Waals surface area contributed by atoms with Crippen LogP contribution in [0.2, 0.25) is 0 Å². The first kappa shape index (κ1) is 23.8. The van der Waals surface area contributed by atoms with Gasteiger partial charge in [0.1, 0.15) is 0 Å². The van der Waals surface area contributed by atoms with Crippen molar-refractivity contribution in [3.05, 3.63) is 0 Å². The average Bonchev–Trinajstić information content (AvgIpc) is 2.49. The predicted molar refractivity (Wildman–Crippen MR) is 99.7 cm³/mol. The van der Waals surface area contributed by atoms with Gasteiger partial charge in [-0.25, -0.2) is 9.32 Å². The number of rotatable bonds is 18. The summed E-state index contributed by atoms with van der Waals surface area (Å²) in [6.45, 7) is 2.26. The van der Waals surface area contributed by atoms with Crippen LogP contribution in [0.25, 0.3) is 0 Å². The Balaban J connectivity index is 3.15. The van der Waals surface area contributed by atoms with E-state index in [1.807, 2.05) is 0 Å². The highest BCUT2D eigenvalue weighted by atomic mass is 32.2. The molecule has 1 unspecified atom stereocenters. The lowest BCUT2D eigenvalue weighted by atomic mass is 10.0. The Bertz CT molecular complexity index is 360. The van der Waals surface area contributed by atoms with Crippen LogP contribution in [-0.4, -0.2) is 19.8 Å². The first-order chi connectivity index (χ1) is 11.5. The van der Waals surface area contributed by atoms with Gasteiger partial charge in [-0.05, 0) is 12.8 Å². The molecular weight excluding hydrogens is 326 g/mol. The van der Waals surface area contributed by atoms with E-state index >= 15 is 0 Å². The molecule has 146 valence electrons. The third-order valence-corrected chi connectivity index (χ3v) is 4.79. The normalized spacial score (nSPS) is 13.3. The van der Waals surface area contributed by atoms with Crippen molar-refractivity contribution in [2.45, 2.75) is 116 Å². The van der Waals surface area contributed by atoms with Gasteiger partial charge in [0.25, 0.3) is 0 Å². The summed E-state index contributed by atoms with van der Waals surface area (Å²) in [7, 11) is -4.04. The number of nitrogens with two attached hydrogens (primary N) is 1. The smallest absolute Gasteiger partial charge is 0.335 e. The van der Waals surface area contributed by atoms with E-state index in [-0.39, 0.29) is 0 Å². The highest BCUT2D eigenvalue weighted by Crippen LogP contribution is 2.14. The van der Waals surface area contributed by atoms with E-state index in [9.17, 15) is 13.5 Å². The zero-order chi connectivity index (χ0) is 18.1. The molecule has 0 aliphatic heterocycles.